The van der Waals surface area contributed by atoms with Gasteiger partial charge in [-0.25, -0.2) is 0 Å². The lowest BCUT2D eigenvalue weighted by molar-refractivity contribution is -0.120. The fourth-order valence-electron chi connectivity index (χ4n) is 3.08. The fourth-order valence-corrected chi connectivity index (χ4v) is 3.08. The maximum atomic E-state index is 12.7. The molecule has 1 aliphatic rings. The Hall–Kier alpha value is -2.62. The zero-order valence-corrected chi connectivity index (χ0v) is 14.3. The van der Waals surface area contributed by atoms with Gasteiger partial charge >= 0.3 is 0 Å². The summed E-state index contributed by atoms with van der Waals surface area (Å²) in [6.45, 7) is 6.12. The first-order valence-electron chi connectivity index (χ1n) is 8.17. The molecule has 2 aromatic rings. The molecule has 0 aromatic heterocycles. The van der Waals surface area contributed by atoms with Gasteiger partial charge in [0.15, 0.2) is 0 Å². The Labute approximate surface area is 142 Å². The van der Waals surface area contributed by atoms with Crippen molar-refractivity contribution in [3.63, 3.8) is 0 Å². The molecule has 0 unspecified atom stereocenters. The molecule has 0 atom stereocenters. The highest BCUT2D eigenvalue weighted by molar-refractivity contribution is 5.99. The van der Waals surface area contributed by atoms with Crippen LogP contribution in [0.4, 0.5) is 11.4 Å². The summed E-state index contributed by atoms with van der Waals surface area (Å²) in [6, 6.07) is 15.5. The molecule has 3 rings (SSSR count). The van der Waals surface area contributed by atoms with Crippen molar-refractivity contribution in [3.8, 4) is 0 Å². The molecule has 0 radical (unpaired) electrons. The summed E-state index contributed by atoms with van der Waals surface area (Å²) >= 11 is 0. The highest BCUT2D eigenvalue weighted by Gasteiger charge is 2.30. The Morgan fingerprint density at radius 1 is 1.08 bits per heavy atom. The smallest absolute Gasteiger partial charge is 0.234 e. The minimum Gasteiger partial charge on any atom is -0.325 e. The number of nitrogens with one attached hydrogen (secondary N) is 1. The van der Waals surface area contributed by atoms with Crippen molar-refractivity contribution in [1.29, 1.82) is 0 Å². The van der Waals surface area contributed by atoms with Crippen molar-refractivity contribution in [2.45, 2.75) is 32.6 Å². The van der Waals surface area contributed by atoms with Crippen LogP contribution in [0.15, 0.2) is 48.5 Å². The molecule has 0 saturated carbocycles. The summed E-state index contributed by atoms with van der Waals surface area (Å²) in [4.78, 5) is 26.1. The molecule has 0 aliphatic carbocycles. The van der Waals surface area contributed by atoms with E-state index >= 15 is 0 Å². The second-order valence-corrected chi connectivity index (χ2v) is 6.71. The number of fused-ring (bicyclic) bond motifs is 1. The fraction of sp³-hybridized carbons (Fsp3) is 0.300. The Morgan fingerprint density at radius 3 is 2.46 bits per heavy atom. The largest absolute Gasteiger partial charge is 0.325 e. The van der Waals surface area contributed by atoms with E-state index in [-0.39, 0.29) is 11.8 Å². The van der Waals surface area contributed by atoms with Gasteiger partial charge in [0.05, 0.1) is 5.41 Å². The number of hydrogen-bond acceptors (Lipinski definition) is 2. The number of benzene rings is 2. The number of anilines is 2. The third-order valence-electron chi connectivity index (χ3n) is 4.68. The standard InChI is InChI=1S/C20H22N2O2/c1-14(23)22-12-11-15-13-17(9-10-18(15)22)21-19(24)20(2,3)16-7-5-4-6-8-16/h4-10,13H,11-12H2,1-3H3,(H,21,24). The third-order valence-corrected chi connectivity index (χ3v) is 4.68. The number of nitrogens with zero attached hydrogens (tertiary/aromatic N) is 1. The molecule has 124 valence electrons. The van der Waals surface area contributed by atoms with Gasteiger partial charge in [-0.15, -0.1) is 0 Å². The lowest BCUT2D eigenvalue weighted by atomic mass is 9.83. The van der Waals surface area contributed by atoms with Crippen LogP contribution in [0.25, 0.3) is 0 Å². The normalized spacial score (nSPS) is 13.5. The van der Waals surface area contributed by atoms with Gasteiger partial charge in [0.1, 0.15) is 0 Å². The van der Waals surface area contributed by atoms with Crippen molar-refractivity contribution in [2.75, 3.05) is 16.8 Å². The number of hydrogen-bond donors (Lipinski definition) is 1. The molecule has 0 saturated heterocycles. The van der Waals surface area contributed by atoms with E-state index in [9.17, 15) is 9.59 Å². The monoisotopic (exact) mass is 322 g/mol. The summed E-state index contributed by atoms with van der Waals surface area (Å²) in [7, 11) is 0. The van der Waals surface area contributed by atoms with E-state index in [4.69, 9.17) is 0 Å². The number of amides is 2. The van der Waals surface area contributed by atoms with Crippen LogP contribution >= 0.6 is 0 Å². The van der Waals surface area contributed by atoms with E-state index in [2.05, 4.69) is 5.32 Å². The first-order valence-corrected chi connectivity index (χ1v) is 8.17. The highest BCUT2D eigenvalue weighted by atomic mass is 16.2. The topological polar surface area (TPSA) is 49.4 Å². The molecule has 0 fully saturated rings. The van der Waals surface area contributed by atoms with Crippen molar-refractivity contribution in [2.24, 2.45) is 0 Å². The lowest BCUT2D eigenvalue weighted by Gasteiger charge is -2.24. The Balaban J connectivity index is 1.80. The van der Waals surface area contributed by atoms with Crippen molar-refractivity contribution < 1.29 is 9.59 Å². The van der Waals surface area contributed by atoms with Gasteiger partial charge in [0, 0.05) is 24.8 Å². The minimum atomic E-state index is -0.619. The summed E-state index contributed by atoms with van der Waals surface area (Å²) in [5.41, 5.74) is 3.18. The molecule has 1 heterocycles. The predicted molar refractivity (Wildman–Crippen MR) is 96.3 cm³/mol. The van der Waals surface area contributed by atoms with Gasteiger partial charge < -0.3 is 10.2 Å². The van der Waals surface area contributed by atoms with Crippen LogP contribution in [0.2, 0.25) is 0 Å². The zero-order chi connectivity index (χ0) is 17.3. The van der Waals surface area contributed by atoms with Gasteiger partial charge in [0.25, 0.3) is 0 Å². The van der Waals surface area contributed by atoms with Crippen molar-refractivity contribution in [1.82, 2.24) is 0 Å². The van der Waals surface area contributed by atoms with E-state index in [1.54, 1.807) is 11.8 Å². The van der Waals surface area contributed by atoms with E-state index in [1.807, 2.05) is 62.4 Å². The predicted octanol–water partition coefficient (Wildman–Crippen LogP) is 3.51. The van der Waals surface area contributed by atoms with Gasteiger partial charge in [-0.05, 0) is 49.6 Å². The molecule has 1 aliphatic heterocycles. The average molecular weight is 322 g/mol. The van der Waals surface area contributed by atoms with E-state index in [0.29, 0.717) is 6.54 Å². The van der Waals surface area contributed by atoms with Crippen LogP contribution in [0, 0.1) is 0 Å². The van der Waals surface area contributed by atoms with Gasteiger partial charge in [-0.3, -0.25) is 9.59 Å². The molecule has 0 spiro atoms. The maximum absolute atomic E-state index is 12.7. The molecule has 24 heavy (non-hydrogen) atoms. The Bertz CT molecular complexity index is 781. The van der Waals surface area contributed by atoms with Gasteiger partial charge in [0.2, 0.25) is 11.8 Å². The van der Waals surface area contributed by atoms with E-state index in [0.717, 1.165) is 28.9 Å². The van der Waals surface area contributed by atoms with Gasteiger partial charge in [-0.1, -0.05) is 30.3 Å². The van der Waals surface area contributed by atoms with Crippen LogP contribution in [0.5, 0.6) is 0 Å². The Morgan fingerprint density at radius 2 is 1.79 bits per heavy atom. The van der Waals surface area contributed by atoms with E-state index in [1.165, 1.54) is 0 Å². The average Bonchev–Trinajstić information content (AvgIpc) is 2.99. The first-order chi connectivity index (χ1) is 11.4. The molecule has 4 nitrogen and oxygen atoms in total. The van der Waals surface area contributed by atoms with Crippen LogP contribution in [0.1, 0.15) is 31.9 Å². The third kappa shape index (κ3) is 2.92. The minimum absolute atomic E-state index is 0.0462. The van der Waals surface area contributed by atoms with Crippen LogP contribution in [-0.2, 0) is 21.4 Å². The number of carbonyl (C=O) groups excluding carboxylic acids is 2. The summed E-state index contributed by atoms with van der Waals surface area (Å²) in [5.74, 6) is 0.00539. The van der Waals surface area contributed by atoms with Crippen LogP contribution in [-0.4, -0.2) is 18.4 Å². The van der Waals surface area contributed by atoms with Crippen molar-refractivity contribution >= 4 is 23.2 Å². The Kier molecular flexibility index (Phi) is 4.14. The molecule has 1 N–H and O–H groups in total. The maximum Gasteiger partial charge on any atom is 0.234 e. The molecule has 2 aromatic carbocycles. The second-order valence-electron chi connectivity index (χ2n) is 6.71. The molecule has 2 amide bonds. The van der Waals surface area contributed by atoms with Crippen LogP contribution < -0.4 is 10.2 Å². The molecule has 4 heteroatoms. The van der Waals surface area contributed by atoms with Gasteiger partial charge in [-0.2, -0.15) is 0 Å². The first kappa shape index (κ1) is 16.2. The second kappa shape index (κ2) is 6.11. The SMILES string of the molecule is CC(=O)N1CCc2cc(NC(=O)C(C)(C)c3ccccc3)ccc21. The lowest BCUT2D eigenvalue weighted by Crippen LogP contribution is -2.34. The zero-order valence-electron chi connectivity index (χ0n) is 14.3. The molecule has 0 bridgehead atoms. The molecular formula is C20H22N2O2. The quantitative estimate of drug-likeness (QED) is 0.940. The summed E-state index contributed by atoms with van der Waals surface area (Å²) in [5, 5.41) is 3.01. The van der Waals surface area contributed by atoms with Crippen LogP contribution in [0.3, 0.4) is 0 Å². The number of rotatable bonds is 3. The van der Waals surface area contributed by atoms with E-state index < -0.39 is 5.41 Å². The summed E-state index contributed by atoms with van der Waals surface area (Å²) < 4.78 is 0. The molecular weight excluding hydrogens is 300 g/mol. The summed E-state index contributed by atoms with van der Waals surface area (Å²) in [6.07, 6.45) is 0.820. The number of carbonyl (C=O) groups is 2. The highest BCUT2D eigenvalue weighted by Crippen LogP contribution is 2.31. The van der Waals surface area contributed by atoms with Crippen molar-refractivity contribution in [3.05, 3.63) is 59.7 Å².